The zero-order valence-corrected chi connectivity index (χ0v) is 20.0. The van der Waals surface area contributed by atoms with E-state index in [-0.39, 0.29) is 5.91 Å². The van der Waals surface area contributed by atoms with Crippen molar-refractivity contribution in [1.82, 2.24) is 29.5 Å². The normalized spacial score (nSPS) is 19.6. The average molecular weight is 466 g/mol. The fraction of sp³-hybridized carbons (Fsp3) is 0.500. The predicted molar refractivity (Wildman–Crippen MR) is 127 cm³/mol. The molecule has 0 spiro atoms. The second-order valence-electron chi connectivity index (χ2n) is 9.06. The molecule has 1 N–H and O–H groups in total. The summed E-state index contributed by atoms with van der Waals surface area (Å²) in [4.78, 5) is 26.8. The number of anilines is 1. The summed E-state index contributed by atoms with van der Waals surface area (Å²) in [5, 5.41) is 7.51. The molecule has 2 aliphatic rings. The lowest BCUT2D eigenvalue weighted by atomic mass is 10.2. The SMILES string of the molecule is Cc1cc(C)n(-c2cc(NC(=O)CN3CC[C@@H](N4CCOCC4)C3)nc(-c3ccc(C)o3)n2)n1. The Labute approximate surface area is 198 Å². The van der Waals surface area contributed by atoms with E-state index in [1.54, 1.807) is 10.7 Å². The number of likely N-dealkylation sites (tertiary alicyclic amines) is 1. The van der Waals surface area contributed by atoms with Gasteiger partial charge in [-0.1, -0.05) is 0 Å². The van der Waals surface area contributed by atoms with E-state index in [9.17, 15) is 4.79 Å². The molecule has 0 saturated carbocycles. The van der Waals surface area contributed by atoms with Crippen LogP contribution in [0, 0.1) is 20.8 Å². The molecule has 0 aliphatic carbocycles. The maximum atomic E-state index is 12.9. The first-order valence-corrected chi connectivity index (χ1v) is 11.8. The minimum absolute atomic E-state index is 0.0952. The minimum atomic E-state index is -0.0952. The molecule has 34 heavy (non-hydrogen) atoms. The number of nitrogens with one attached hydrogen (secondary N) is 1. The highest BCUT2D eigenvalue weighted by Crippen LogP contribution is 2.23. The fourth-order valence-corrected chi connectivity index (χ4v) is 4.71. The highest BCUT2D eigenvalue weighted by Gasteiger charge is 2.29. The van der Waals surface area contributed by atoms with E-state index in [4.69, 9.17) is 9.15 Å². The number of aryl methyl sites for hydroxylation is 3. The van der Waals surface area contributed by atoms with Crippen LogP contribution in [-0.4, -0.2) is 87.4 Å². The molecular weight excluding hydrogens is 434 g/mol. The average Bonchev–Trinajstić information content (AvgIpc) is 3.54. The van der Waals surface area contributed by atoms with Gasteiger partial charge >= 0.3 is 0 Å². The molecule has 180 valence electrons. The Bertz CT molecular complexity index is 1170. The van der Waals surface area contributed by atoms with Crippen LogP contribution in [0.15, 0.2) is 28.7 Å². The molecule has 1 atom stereocenters. The lowest BCUT2D eigenvalue weighted by molar-refractivity contribution is -0.117. The first kappa shape index (κ1) is 22.7. The molecule has 2 saturated heterocycles. The van der Waals surface area contributed by atoms with E-state index >= 15 is 0 Å². The van der Waals surface area contributed by atoms with Crippen molar-refractivity contribution >= 4 is 11.7 Å². The Kier molecular flexibility index (Phi) is 6.44. The minimum Gasteiger partial charge on any atom is -0.458 e. The molecule has 3 aromatic heterocycles. The van der Waals surface area contributed by atoms with Crippen LogP contribution in [0.2, 0.25) is 0 Å². The molecule has 0 unspecified atom stereocenters. The van der Waals surface area contributed by atoms with Crippen molar-refractivity contribution in [3.63, 3.8) is 0 Å². The van der Waals surface area contributed by atoms with Crippen molar-refractivity contribution in [3.8, 4) is 17.4 Å². The van der Waals surface area contributed by atoms with Crippen molar-refractivity contribution in [1.29, 1.82) is 0 Å². The summed E-state index contributed by atoms with van der Waals surface area (Å²) in [6.07, 6.45) is 1.07. The van der Waals surface area contributed by atoms with Gasteiger partial charge < -0.3 is 14.5 Å². The molecule has 1 amide bonds. The molecule has 5 rings (SSSR count). The monoisotopic (exact) mass is 465 g/mol. The molecule has 5 heterocycles. The number of ether oxygens (including phenoxy) is 1. The van der Waals surface area contributed by atoms with Gasteiger partial charge in [0.2, 0.25) is 5.91 Å². The molecule has 0 bridgehead atoms. The number of carbonyl (C=O) groups excluding carboxylic acids is 1. The van der Waals surface area contributed by atoms with Gasteiger partial charge in [0.15, 0.2) is 17.4 Å². The smallest absolute Gasteiger partial charge is 0.239 e. The maximum absolute atomic E-state index is 12.9. The van der Waals surface area contributed by atoms with Gasteiger partial charge in [0.25, 0.3) is 0 Å². The highest BCUT2D eigenvalue weighted by atomic mass is 16.5. The van der Waals surface area contributed by atoms with E-state index in [0.29, 0.717) is 35.8 Å². The number of morpholine rings is 1. The van der Waals surface area contributed by atoms with Crippen molar-refractivity contribution in [2.24, 2.45) is 0 Å². The number of carbonyl (C=O) groups is 1. The predicted octanol–water partition coefficient (Wildman–Crippen LogP) is 2.19. The summed E-state index contributed by atoms with van der Waals surface area (Å²) in [6, 6.07) is 7.91. The third-order valence-corrected chi connectivity index (χ3v) is 6.34. The third-order valence-electron chi connectivity index (χ3n) is 6.34. The molecule has 0 aromatic carbocycles. The number of hydrogen-bond donors (Lipinski definition) is 1. The zero-order valence-electron chi connectivity index (χ0n) is 20.0. The fourth-order valence-electron chi connectivity index (χ4n) is 4.71. The van der Waals surface area contributed by atoms with Crippen LogP contribution < -0.4 is 5.32 Å². The lowest BCUT2D eigenvalue weighted by Crippen LogP contribution is -2.45. The second-order valence-corrected chi connectivity index (χ2v) is 9.06. The second kappa shape index (κ2) is 9.65. The number of aromatic nitrogens is 4. The van der Waals surface area contributed by atoms with E-state index < -0.39 is 0 Å². The van der Waals surface area contributed by atoms with Crippen LogP contribution in [0.25, 0.3) is 17.4 Å². The van der Waals surface area contributed by atoms with Gasteiger partial charge in [0, 0.05) is 44.0 Å². The van der Waals surface area contributed by atoms with Gasteiger partial charge in [-0.2, -0.15) is 5.10 Å². The summed E-state index contributed by atoms with van der Waals surface area (Å²) in [6.45, 7) is 11.4. The van der Waals surface area contributed by atoms with Gasteiger partial charge in [0.05, 0.1) is 25.5 Å². The maximum Gasteiger partial charge on any atom is 0.239 e. The first-order valence-electron chi connectivity index (χ1n) is 11.8. The summed E-state index contributed by atoms with van der Waals surface area (Å²) in [7, 11) is 0. The molecule has 10 heteroatoms. The molecule has 2 aliphatic heterocycles. The first-order chi connectivity index (χ1) is 16.4. The Hall–Kier alpha value is -3.08. The van der Waals surface area contributed by atoms with Crippen molar-refractivity contribution in [2.45, 2.75) is 33.2 Å². The van der Waals surface area contributed by atoms with Crippen LogP contribution in [0.3, 0.4) is 0 Å². The van der Waals surface area contributed by atoms with Crippen LogP contribution >= 0.6 is 0 Å². The largest absolute Gasteiger partial charge is 0.458 e. The topological polar surface area (TPSA) is 102 Å². The number of amides is 1. The summed E-state index contributed by atoms with van der Waals surface area (Å²) in [5.74, 6) is 2.63. The van der Waals surface area contributed by atoms with Gasteiger partial charge in [-0.15, -0.1) is 0 Å². The van der Waals surface area contributed by atoms with Crippen LogP contribution in [0.5, 0.6) is 0 Å². The molecule has 3 aromatic rings. The standard InChI is InChI=1S/C24H31N7O3/c1-16-12-17(2)31(28-16)22-13-21(26-24(27-22)20-5-4-18(3)34-20)25-23(32)15-29-7-6-19(14-29)30-8-10-33-11-9-30/h4-5,12-13,19H,6-11,14-15H2,1-3H3,(H,25,26,27,32)/t19-/m1/s1. The lowest BCUT2D eigenvalue weighted by Gasteiger charge is -2.32. The van der Waals surface area contributed by atoms with Crippen LogP contribution in [0.1, 0.15) is 23.6 Å². The van der Waals surface area contributed by atoms with E-state index in [1.807, 2.05) is 39.0 Å². The zero-order chi connectivity index (χ0) is 23.7. The molecule has 2 fully saturated rings. The van der Waals surface area contributed by atoms with E-state index in [2.05, 4.69) is 30.2 Å². The van der Waals surface area contributed by atoms with Gasteiger partial charge in [0.1, 0.15) is 11.6 Å². The van der Waals surface area contributed by atoms with Gasteiger partial charge in [-0.05, 0) is 45.4 Å². The quantitative estimate of drug-likeness (QED) is 0.591. The summed E-state index contributed by atoms with van der Waals surface area (Å²) >= 11 is 0. The summed E-state index contributed by atoms with van der Waals surface area (Å²) < 4.78 is 13.0. The van der Waals surface area contributed by atoms with Crippen molar-refractivity contribution < 1.29 is 13.9 Å². The van der Waals surface area contributed by atoms with Crippen LogP contribution in [-0.2, 0) is 9.53 Å². The molecule has 0 radical (unpaired) electrons. The van der Waals surface area contributed by atoms with Crippen molar-refractivity contribution in [3.05, 3.63) is 41.4 Å². The summed E-state index contributed by atoms with van der Waals surface area (Å²) in [5.41, 5.74) is 1.84. The van der Waals surface area contributed by atoms with Crippen molar-refractivity contribution in [2.75, 3.05) is 51.3 Å². The van der Waals surface area contributed by atoms with Gasteiger partial charge in [-0.3, -0.25) is 14.6 Å². The number of furan rings is 1. The Morgan fingerprint density at radius 3 is 2.65 bits per heavy atom. The van der Waals surface area contributed by atoms with E-state index in [1.165, 1.54) is 0 Å². The number of hydrogen-bond acceptors (Lipinski definition) is 8. The Morgan fingerprint density at radius 1 is 1.12 bits per heavy atom. The van der Waals surface area contributed by atoms with Crippen LogP contribution in [0.4, 0.5) is 5.82 Å². The third kappa shape index (κ3) is 5.03. The Morgan fingerprint density at radius 2 is 1.94 bits per heavy atom. The number of nitrogens with zero attached hydrogens (tertiary/aromatic N) is 6. The van der Waals surface area contributed by atoms with E-state index in [0.717, 1.165) is 63.0 Å². The highest BCUT2D eigenvalue weighted by molar-refractivity contribution is 5.91. The Balaban J connectivity index is 1.32. The van der Waals surface area contributed by atoms with Gasteiger partial charge in [-0.25, -0.2) is 14.6 Å². The number of rotatable bonds is 6. The molecule has 10 nitrogen and oxygen atoms in total. The molecular formula is C24H31N7O3.